The summed E-state index contributed by atoms with van der Waals surface area (Å²) in [4.78, 5) is 49.8. The summed E-state index contributed by atoms with van der Waals surface area (Å²) in [6.07, 6.45) is 1.73. The second-order valence-corrected chi connectivity index (χ2v) is 9.29. The lowest BCUT2D eigenvalue weighted by Crippen LogP contribution is -2.23. The predicted molar refractivity (Wildman–Crippen MR) is 157 cm³/mol. The van der Waals surface area contributed by atoms with E-state index in [0.29, 0.717) is 46.7 Å². The molecule has 0 spiro atoms. The van der Waals surface area contributed by atoms with Crippen molar-refractivity contribution in [1.29, 1.82) is 0 Å². The van der Waals surface area contributed by atoms with E-state index in [2.05, 4.69) is 10.6 Å². The third-order valence-corrected chi connectivity index (χ3v) is 6.40. The van der Waals surface area contributed by atoms with E-state index >= 15 is 0 Å². The Hall–Kier alpha value is -4.80. The van der Waals surface area contributed by atoms with Gasteiger partial charge in [0.05, 0.1) is 45.4 Å². The number of carbonyl (C=O) groups excluding carboxylic acids is 4. The largest absolute Gasteiger partial charge is 0.493 e. The van der Waals surface area contributed by atoms with Crippen LogP contribution in [0.4, 0.5) is 5.69 Å². The number of fused-ring (bicyclic) bond motifs is 1. The van der Waals surface area contributed by atoms with Gasteiger partial charge in [-0.15, -0.1) is 0 Å². The molecule has 3 rings (SSSR count). The Morgan fingerprint density at radius 2 is 1.60 bits per heavy atom. The minimum atomic E-state index is -0.505. The van der Waals surface area contributed by atoms with E-state index in [4.69, 9.17) is 23.4 Å². The minimum Gasteiger partial charge on any atom is -0.493 e. The van der Waals surface area contributed by atoms with Gasteiger partial charge in [-0.3, -0.25) is 19.2 Å². The van der Waals surface area contributed by atoms with Crippen LogP contribution in [0, 0.1) is 0 Å². The molecular formula is C31H36N2O9. The Morgan fingerprint density at radius 1 is 0.905 bits per heavy atom. The Labute approximate surface area is 244 Å². The van der Waals surface area contributed by atoms with Gasteiger partial charge < -0.3 is 34.0 Å². The highest BCUT2D eigenvalue weighted by Gasteiger charge is 2.25. The lowest BCUT2D eigenvalue weighted by atomic mass is 10.00. The third-order valence-electron chi connectivity index (χ3n) is 6.40. The van der Waals surface area contributed by atoms with Crippen LogP contribution in [0.1, 0.15) is 55.3 Å². The maximum absolute atomic E-state index is 12.8. The topological polar surface area (TPSA) is 142 Å². The summed E-state index contributed by atoms with van der Waals surface area (Å²) in [7, 11) is 4.58. The van der Waals surface area contributed by atoms with Gasteiger partial charge in [0.1, 0.15) is 0 Å². The highest BCUT2D eigenvalue weighted by molar-refractivity contribution is 6.15. The summed E-state index contributed by atoms with van der Waals surface area (Å²) < 4.78 is 26.8. The first-order valence-electron chi connectivity index (χ1n) is 13.4. The van der Waals surface area contributed by atoms with Crippen LogP contribution in [0.25, 0.3) is 16.5 Å². The summed E-state index contributed by atoms with van der Waals surface area (Å²) in [6.45, 7) is 5.31. The van der Waals surface area contributed by atoms with Crippen LogP contribution in [-0.4, -0.2) is 58.0 Å². The molecule has 11 heteroatoms. The van der Waals surface area contributed by atoms with E-state index in [0.717, 1.165) is 5.56 Å². The fraction of sp³-hybridized carbons (Fsp3) is 0.355. The first kappa shape index (κ1) is 31.7. The Kier molecular flexibility index (Phi) is 11.1. The molecule has 11 nitrogen and oxygen atoms in total. The molecule has 224 valence electrons. The Morgan fingerprint density at radius 3 is 2.24 bits per heavy atom. The molecule has 0 saturated heterocycles. The number of esters is 1. The predicted octanol–water partition coefficient (Wildman–Crippen LogP) is 4.71. The van der Waals surface area contributed by atoms with Gasteiger partial charge in [-0.05, 0) is 55.2 Å². The van der Waals surface area contributed by atoms with Crippen molar-refractivity contribution in [2.24, 2.45) is 0 Å². The number of methoxy groups -OCH3 is 3. The number of amides is 2. The molecule has 0 bridgehead atoms. The fourth-order valence-electron chi connectivity index (χ4n) is 4.38. The van der Waals surface area contributed by atoms with Gasteiger partial charge >= 0.3 is 5.97 Å². The number of ether oxygens (including phenoxy) is 4. The molecule has 0 atom stereocenters. The zero-order chi connectivity index (χ0) is 30.8. The Bertz CT molecular complexity index is 1500. The van der Waals surface area contributed by atoms with Gasteiger partial charge in [-0.1, -0.05) is 12.1 Å². The molecule has 2 aromatic carbocycles. The van der Waals surface area contributed by atoms with E-state index in [1.807, 2.05) is 18.2 Å². The summed E-state index contributed by atoms with van der Waals surface area (Å²) in [5.74, 6) is -0.262. The van der Waals surface area contributed by atoms with Crippen molar-refractivity contribution in [2.75, 3.05) is 39.8 Å². The monoisotopic (exact) mass is 580 g/mol. The maximum atomic E-state index is 12.8. The van der Waals surface area contributed by atoms with Crippen LogP contribution in [0.3, 0.4) is 0 Å². The number of nitrogens with one attached hydrogen (secondary N) is 2. The van der Waals surface area contributed by atoms with Gasteiger partial charge in [0.25, 0.3) is 0 Å². The molecule has 0 aliphatic heterocycles. The fourth-order valence-corrected chi connectivity index (χ4v) is 4.38. The lowest BCUT2D eigenvalue weighted by molar-refractivity contribution is -0.144. The Balaban J connectivity index is 1.86. The average Bonchev–Trinajstić information content (AvgIpc) is 3.35. The normalized spacial score (nSPS) is 11.1. The molecule has 0 aliphatic rings. The summed E-state index contributed by atoms with van der Waals surface area (Å²) >= 11 is 0. The number of anilines is 1. The van der Waals surface area contributed by atoms with Gasteiger partial charge in [-0.25, -0.2) is 0 Å². The van der Waals surface area contributed by atoms with Gasteiger partial charge in [-0.2, -0.15) is 0 Å². The molecule has 2 N–H and O–H groups in total. The number of carbonyl (C=O) groups is 4. The number of hydrogen-bond donors (Lipinski definition) is 2. The van der Waals surface area contributed by atoms with Crippen LogP contribution in [-0.2, 0) is 25.5 Å². The molecule has 0 unspecified atom stereocenters. The van der Waals surface area contributed by atoms with Gasteiger partial charge in [0.2, 0.25) is 11.8 Å². The van der Waals surface area contributed by atoms with Gasteiger partial charge in [0.15, 0.2) is 34.4 Å². The summed E-state index contributed by atoms with van der Waals surface area (Å²) in [5, 5.41) is 5.99. The van der Waals surface area contributed by atoms with E-state index in [1.165, 1.54) is 20.1 Å². The van der Waals surface area contributed by atoms with Crippen LogP contribution < -0.4 is 24.8 Å². The molecule has 0 fully saturated rings. The van der Waals surface area contributed by atoms with E-state index < -0.39 is 17.7 Å². The quantitative estimate of drug-likeness (QED) is 0.158. The zero-order valence-electron chi connectivity index (χ0n) is 24.7. The number of benzene rings is 2. The van der Waals surface area contributed by atoms with Crippen molar-refractivity contribution in [3.8, 4) is 17.2 Å². The number of Topliss-reactive ketones (excluding diaryl/α,β-unsaturated/α-hetero) is 1. The number of hydrogen-bond acceptors (Lipinski definition) is 9. The molecule has 3 aromatic rings. The molecule has 0 saturated carbocycles. The number of rotatable bonds is 14. The molecule has 1 heterocycles. The SMILES string of the molecule is CCOC(=O)CCC(=O)Nc1c(C(C)=O)oc2c(OC)ccc(/C(C)=C/C(=O)NCCc3ccc(OC)c(OC)c3)c12. The first-order chi connectivity index (χ1) is 20.1. The average molecular weight is 581 g/mol. The first-order valence-corrected chi connectivity index (χ1v) is 13.4. The van der Waals surface area contributed by atoms with Crippen molar-refractivity contribution >= 4 is 45.8 Å². The lowest BCUT2D eigenvalue weighted by Gasteiger charge is -2.11. The van der Waals surface area contributed by atoms with E-state index in [1.54, 1.807) is 40.2 Å². The van der Waals surface area contributed by atoms with Crippen LogP contribution >= 0.6 is 0 Å². The smallest absolute Gasteiger partial charge is 0.306 e. The second-order valence-electron chi connectivity index (χ2n) is 9.29. The van der Waals surface area contributed by atoms with E-state index in [9.17, 15) is 19.2 Å². The zero-order valence-corrected chi connectivity index (χ0v) is 24.7. The molecular weight excluding hydrogens is 544 g/mol. The summed E-state index contributed by atoms with van der Waals surface area (Å²) in [6, 6.07) is 8.94. The minimum absolute atomic E-state index is 0.0765. The van der Waals surface area contributed by atoms with Gasteiger partial charge in [0, 0.05) is 26.0 Å². The molecule has 2 amide bonds. The highest BCUT2D eigenvalue weighted by Crippen LogP contribution is 2.41. The molecule has 0 aliphatic carbocycles. The number of furan rings is 1. The van der Waals surface area contributed by atoms with Crippen molar-refractivity contribution < 1.29 is 42.5 Å². The molecule has 42 heavy (non-hydrogen) atoms. The molecule has 1 aromatic heterocycles. The standard InChI is InChI=1S/C31H36N2O9/c1-7-41-27(37)13-12-25(35)33-29-28-21(9-11-23(39-5)31(28)42-30(29)19(3)34)18(2)16-26(36)32-15-14-20-8-10-22(38-4)24(17-20)40-6/h8-11,16-17H,7,12-15H2,1-6H3,(H,32,36)(H,33,35)/b18-16+. The van der Waals surface area contributed by atoms with Crippen LogP contribution in [0.5, 0.6) is 17.2 Å². The third kappa shape index (κ3) is 7.68. The maximum Gasteiger partial charge on any atom is 0.306 e. The molecule has 0 radical (unpaired) electrons. The van der Waals surface area contributed by atoms with Crippen LogP contribution in [0.2, 0.25) is 0 Å². The summed E-state index contributed by atoms with van der Waals surface area (Å²) in [5.41, 5.74) is 2.45. The van der Waals surface area contributed by atoms with Crippen molar-refractivity contribution in [1.82, 2.24) is 5.32 Å². The number of ketones is 1. The van der Waals surface area contributed by atoms with E-state index in [-0.39, 0.29) is 42.4 Å². The van der Waals surface area contributed by atoms with Crippen LogP contribution in [0.15, 0.2) is 40.8 Å². The van der Waals surface area contributed by atoms with Crippen molar-refractivity contribution in [2.45, 2.75) is 40.0 Å². The van der Waals surface area contributed by atoms with Crippen molar-refractivity contribution in [3.05, 3.63) is 53.3 Å². The highest BCUT2D eigenvalue weighted by atomic mass is 16.5. The number of allylic oxidation sites excluding steroid dienone is 1. The second kappa shape index (κ2) is 14.7. The van der Waals surface area contributed by atoms with Crippen molar-refractivity contribution in [3.63, 3.8) is 0 Å².